The van der Waals surface area contributed by atoms with Gasteiger partial charge in [0.05, 0.1) is 17.8 Å². The molecule has 0 heterocycles. The summed E-state index contributed by atoms with van der Waals surface area (Å²) in [5.41, 5.74) is 0.290. The second-order valence-corrected chi connectivity index (χ2v) is 7.34. The highest BCUT2D eigenvalue weighted by molar-refractivity contribution is 7.92. The number of sulfonamides is 1. The van der Waals surface area contributed by atoms with Gasteiger partial charge in [0, 0.05) is 0 Å². The number of para-hydroxylation sites is 4. The third kappa shape index (κ3) is 3.92. The Hall–Kier alpha value is -2.70. The second-order valence-electron chi connectivity index (χ2n) is 5.29. The summed E-state index contributed by atoms with van der Waals surface area (Å²) in [5, 5.41) is 0.426. The fourth-order valence-electron chi connectivity index (χ4n) is 2.33. The summed E-state index contributed by atoms with van der Waals surface area (Å²) >= 11 is 6.11. The van der Waals surface area contributed by atoms with E-state index in [4.69, 9.17) is 21.1 Å². The Morgan fingerprint density at radius 3 is 2.08 bits per heavy atom. The van der Waals surface area contributed by atoms with Crippen molar-refractivity contribution in [1.29, 1.82) is 0 Å². The SMILES string of the molecule is COc1ccccc1S(=O)(=O)Nc1ccccc1Oc1ccccc1Cl. The van der Waals surface area contributed by atoms with Gasteiger partial charge in [0.25, 0.3) is 10.0 Å². The molecule has 0 aromatic heterocycles. The van der Waals surface area contributed by atoms with Crippen LogP contribution in [0.4, 0.5) is 5.69 Å². The predicted octanol–water partition coefficient (Wildman–Crippen LogP) is 4.94. The third-order valence-corrected chi connectivity index (χ3v) is 5.26. The minimum Gasteiger partial charge on any atom is -0.495 e. The van der Waals surface area contributed by atoms with Crippen molar-refractivity contribution in [3.8, 4) is 17.2 Å². The van der Waals surface area contributed by atoms with Crippen molar-refractivity contribution in [2.24, 2.45) is 0 Å². The highest BCUT2D eigenvalue weighted by atomic mass is 35.5. The van der Waals surface area contributed by atoms with Crippen molar-refractivity contribution in [1.82, 2.24) is 0 Å². The first-order valence-electron chi connectivity index (χ1n) is 7.68. The standard InChI is InChI=1S/C19H16ClNO4S/c1-24-18-12-6-7-13-19(18)26(22,23)21-15-9-3-5-11-17(15)25-16-10-4-2-8-14(16)20/h2-13,21H,1H3. The molecule has 7 heteroatoms. The normalized spacial score (nSPS) is 11.0. The Bertz CT molecular complexity index is 1020. The number of halogens is 1. The smallest absolute Gasteiger partial charge is 0.265 e. The molecule has 3 aromatic rings. The number of ether oxygens (including phenoxy) is 2. The maximum Gasteiger partial charge on any atom is 0.265 e. The third-order valence-electron chi connectivity index (χ3n) is 3.55. The van der Waals surface area contributed by atoms with Crippen LogP contribution < -0.4 is 14.2 Å². The molecule has 5 nitrogen and oxygen atoms in total. The first-order chi connectivity index (χ1) is 12.5. The molecule has 0 spiro atoms. The summed E-state index contributed by atoms with van der Waals surface area (Å²) in [6.45, 7) is 0. The summed E-state index contributed by atoms with van der Waals surface area (Å²) in [6.07, 6.45) is 0. The lowest BCUT2D eigenvalue weighted by atomic mass is 10.3. The molecule has 134 valence electrons. The number of rotatable bonds is 6. The lowest BCUT2D eigenvalue weighted by Crippen LogP contribution is -2.14. The van der Waals surface area contributed by atoms with E-state index in [2.05, 4.69) is 4.72 Å². The molecule has 0 bridgehead atoms. The number of hydrogen-bond donors (Lipinski definition) is 1. The molecule has 3 aromatic carbocycles. The van der Waals surface area contributed by atoms with Crippen LogP contribution in [0.1, 0.15) is 0 Å². The minimum atomic E-state index is -3.87. The zero-order valence-corrected chi connectivity index (χ0v) is 15.4. The van der Waals surface area contributed by atoms with Gasteiger partial charge in [0.1, 0.15) is 16.4 Å². The van der Waals surface area contributed by atoms with Gasteiger partial charge in [-0.25, -0.2) is 8.42 Å². The number of nitrogens with one attached hydrogen (secondary N) is 1. The van der Waals surface area contributed by atoms with Gasteiger partial charge in [-0.05, 0) is 36.4 Å². The largest absolute Gasteiger partial charge is 0.495 e. The van der Waals surface area contributed by atoms with Gasteiger partial charge >= 0.3 is 0 Å². The van der Waals surface area contributed by atoms with Crippen LogP contribution in [0.5, 0.6) is 17.2 Å². The Morgan fingerprint density at radius 2 is 1.38 bits per heavy atom. The Morgan fingerprint density at radius 1 is 0.808 bits per heavy atom. The molecule has 0 atom stereocenters. The first kappa shape index (κ1) is 18.1. The van der Waals surface area contributed by atoms with Crippen LogP contribution in [0.2, 0.25) is 5.02 Å². The van der Waals surface area contributed by atoms with Gasteiger partial charge in [-0.2, -0.15) is 0 Å². The van der Waals surface area contributed by atoms with E-state index in [-0.39, 0.29) is 10.6 Å². The molecule has 26 heavy (non-hydrogen) atoms. The second kappa shape index (κ2) is 7.68. The maximum absolute atomic E-state index is 12.8. The monoisotopic (exact) mass is 389 g/mol. The van der Waals surface area contributed by atoms with Crippen molar-refractivity contribution in [3.05, 3.63) is 77.8 Å². The molecule has 0 aliphatic carbocycles. The van der Waals surface area contributed by atoms with Gasteiger partial charge in [-0.1, -0.05) is 48.0 Å². The highest BCUT2D eigenvalue weighted by Crippen LogP contribution is 2.35. The van der Waals surface area contributed by atoms with E-state index in [1.165, 1.54) is 13.2 Å². The van der Waals surface area contributed by atoms with E-state index in [1.54, 1.807) is 66.7 Å². The summed E-state index contributed by atoms with van der Waals surface area (Å²) in [7, 11) is -2.45. The van der Waals surface area contributed by atoms with E-state index < -0.39 is 10.0 Å². The zero-order valence-electron chi connectivity index (χ0n) is 13.8. The van der Waals surface area contributed by atoms with E-state index in [9.17, 15) is 8.42 Å². The topological polar surface area (TPSA) is 64.6 Å². The van der Waals surface area contributed by atoms with Crippen LogP contribution in [-0.4, -0.2) is 15.5 Å². The maximum atomic E-state index is 12.8. The van der Waals surface area contributed by atoms with Gasteiger partial charge in [0.15, 0.2) is 5.75 Å². The fraction of sp³-hybridized carbons (Fsp3) is 0.0526. The van der Waals surface area contributed by atoms with Crippen LogP contribution in [0.15, 0.2) is 77.7 Å². The van der Waals surface area contributed by atoms with Crippen molar-refractivity contribution in [2.45, 2.75) is 4.90 Å². The Balaban J connectivity index is 1.95. The molecule has 3 rings (SSSR count). The zero-order chi connectivity index (χ0) is 18.6. The fourth-order valence-corrected chi connectivity index (χ4v) is 3.74. The van der Waals surface area contributed by atoms with Gasteiger partial charge in [0.2, 0.25) is 0 Å². The van der Waals surface area contributed by atoms with Gasteiger partial charge < -0.3 is 9.47 Å². The minimum absolute atomic E-state index is 0.0371. The van der Waals surface area contributed by atoms with Crippen molar-refractivity contribution < 1.29 is 17.9 Å². The molecule has 0 fully saturated rings. The molecular weight excluding hydrogens is 374 g/mol. The predicted molar refractivity (Wildman–Crippen MR) is 102 cm³/mol. The molecule has 1 N–H and O–H groups in total. The highest BCUT2D eigenvalue weighted by Gasteiger charge is 2.21. The molecule has 0 saturated heterocycles. The summed E-state index contributed by atoms with van der Waals surface area (Å²) < 4.78 is 39.0. The molecule has 0 amide bonds. The Labute approximate surface area is 157 Å². The van der Waals surface area contributed by atoms with Gasteiger partial charge in [-0.3, -0.25) is 4.72 Å². The van der Waals surface area contributed by atoms with Crippen LogP contribution in [0.25, 0.3) is 0 Å². The molecule has 0 aliphatic heterocycles. The molecule has 0 saturated carbocycles. The first-order valence-corrected chi connectivity index (χ1v) is 9.54. The number of hydrogen-bond acceptors (Lipinski definition) is 4. The molecule has 0 radical (unpaired) electrons. The van der Waals surface area contributed by atoms with Crippen molar-refractivity contribution in [2.75, 3.05) is 11.8 Å². The van der Waals surface area contributed by atoms with Crippen molar-refractivity contribution >= 4 is 27.3 Å². The van der Waals surface area contributed by atoms with Crippen LogP contribution >= 0.6 is 11.6 Å². The van der Waals surface area contributed by atoms with E-state index in [0.29, 0.717) is 22.2 Å². The lowest BCUT2D eigenvalue weighted by molar-refractivity contribution is 0.403. The molecular formula is C19H16ClNO4S. The van der Waals surface area contributed by atoms with Gasteiger partial charge in [-0.15, -0.1) is 0 Å². The van der Waals surface area contributed by atoms with Crippen LogP contribution in [-0.2, 0) is 10.0 Å². The van der Waals surface area contributed by atoms with Crippen LogP contribution in [0, 0.1) is 0 Å². The summed E-state index contributed by atoms with van der Waals surface area (Å²) in [6, 6.07) is 20.1. The van der Waals surface area contributed by atoms with E-state index in [0.717, 1.165) is 0 Å². The summed E-state index contributed by atoms with van der Waals surface area (Å²) in [5.74, 6) is 1.02. The average molecular weight is 390 g/mol. The number of benzene rings is 3. The Kier molecular flexibility index (Phi) is 5.35. The number of methoxy groups -OCH3 is 1. The van der Waals surface area contributed by atoms with Crippen LogP contribution in [0.3, 0.4) is 0 Å². The quantitative estimate of drug-likeness (QED) is 0.648. The van der Waals surface area contributed by atoms with Crippen molar-refractivity contribution in [3.63, 3.8) is 0 Å². The summed E-state index contributed by atoms with van der Waals surface area (Å²) in [4.78, 5) is 0.0371. The molecule has 0 unspecified atom stereocenters. The molecule has 0 aliphatic rings. The number of anilines is 1. The lowest BCUT2D eigenvalue weighted by Gasteiger charge is -2.15. The van der Waals surface area contributed by atoms with E-state index in [1.807, 2.05) is 0 Å². The average Bonchev–Trinajstić information content (AvgIpc) is 2.65. The van der Waals surface area contributed by atoms with E-state index >= 15 is 0 Å².